The Bertz CT molecular complexity index is 675. The third-order valence-corrected chi connectivity index (χ3v) is 3.50. The van der Waals surface area contributed by atoms with E-state index in [0.29, 0.717) is 22.8 Å². The molecule has 0 aliphatic heterocycles. The molecule has 1 aromatic carbocycles. The van der Waals surface area contributed by atoms with Gasteiger partial charge in [-0.25, -0.2) is 4.39 Å². The quantitative estimate of drug-likeness (QED) is 0.907. The predicted octanol–water partition coefficient (Wildman–Crippen LogP) is 3.33. The molecule has 1 heterocycles. The molecule has 0 aliphatic rings. The van der Waals surface area contributed by atoms with Crippen molar-refractivity contribution < 1.29 is 9.18 Å². The molecule has 0 saturated heterocycles. The summed E-state index contributed by atoms with van der Waals surface area (Å²) in [6.07, 6.45) is 0. The van der Waals surface area contributed by atoms with Gasteiger partial charge in [-0.3, -0.25) is 4.79 Å². The molecule has 20 heavy (non-hydrogen) atoms. The SMILES string of the molecule is CC(=O)Nc1ccc(F)c(NCc2ccc(C#N)s2)c1. The van der Waals surface area contributed by atoms with Crippen molar-refractivity contribution in [2.24, 2.45) is 0 Å². The monoisotopic (exact) mass is 289 g/mol. The van der Waals surface area contributed by atoms with E-state index in [1.165, 1.54) is 36.5 Å². The van der Waals surface area contributed by atoms with Crippen molar-refractivity contribution in [1.29, 1.82) is 5.26 Å². The van der Waals surface area contributed by atoms with Crippen LogP contribution in [-0.4, -0.2) is 5.91 Å². The highest BCUT2D eigenvalue weighted by Crippen LogP contribution is 2.22. The Kier molecular flexibility index (Phi) is 4.33. The summed E-state index contributed by atoms with van der Waals surface area (Å²) in [4.78, 5) is 12.5. The molecular weight excluding hydrogens is 277 g/mol. The first kappa shape index (κ1) is 14.0. The van der Waals surface area contributed by atoms with E-state index in [4.69, 9.17) is 5.26 Å². The largest absolute Gasteiger partial charge is 0.378 e. The number of nitrogens with one attached hydrogen (secondary N) is 2. The first-order valence-electron chi connectivity index (χ1n) is 5.88. The standard InChI is InChI=1S/C14H12FN3OS/c1-9(19)18-10-2-5-13(15)14(6-10)17-8-12-4-3-11(7-16)20-12/h2-6,17H,8H2,1H3,(H,18,19). The van der Waals surface area contributed by atoms with Crippen LogP contribution in [0.1, 0.15) is 16.7 Å². The van der Waals surface area contributed by atoms with Gasteiger partial charge in [-0.2, -0.15) is 5.26 Å². The Morgan fingerprint density at radius 1 is 1.40 bits per heavy atom. The molecule has 6 heteroatoms. The van der Waals surface area contributed by atoms with Crippen molar-refractivity contribution in [2.75, 3.05) is 10.6 Å². The molecular formula is C14H12FN3OS. The maximum atomic E-state index is 13.7. The number of hydrogen-bond donors (Lipinski definition) is 2. The lowest BCUT2D eigenvalue weighted by Gasteiger charge is -2.09. The highest BCUT2D eigenvalue weighted by Gasteiger charge is 2.05. The van der Waals surface area contributed by atoms with E-state index in [1.807, 2.05) is 6.07 Å². The molecule has 0 saturated carbocycles. The second-order valence-electron chi connectivity index (χ2n) is 4.11. The minimum atomic E-state index is -0.392. The van der Waals surface area contributed by atoms with Gasteiger partial charge >= 0.3 is 0 Å². The van der Waals surface area contributed by atoms with Gasteiger partial charge in [0.1, 0.15) is 16.8 Å². The molecule has 102 valence electrons. The maximum absolute atomic E-state index is 13.7. The molecule has 0 unspecified atom stereocenters. The Balaban J connectivity index is 2.08. The molecule has 4 nitrogen and oxygen atoms in total. The summed E-state index contributed by atoms with van der Waals surface area (Å²) in [7, 11) is 0. The molecule has 0 radical (unpaired) electrons. The van der Waals surface area contributed by atoms with Gasteiger partial charge in [0.25, 0.3) is 0 Å². The van der Waals surface area contributed by atoms with Gasteiger partial charge in [-0.15, -0.1) is 11.3 Å². The zero-order valence-electron chi connectivity index (χ0n) is 10.7. The van der Waals surface area contributed by atoms with Crippen molar-refractivity contribution in [3.63, 3.8) is 0 Å². The minimum absolute atomic E-state index is 0.209. The van der Waals surface area contributed by atoms with Crippen molar-refractivity contribution in [2.45, 2.75) is 13.5 Å². The van der Waals surface area contributed by atoms with Crippen LogP contribution in [0.25, 0.3) is 0 Å². The summed E-state index contributed by atoms with van der Waals surface area (Å²) in [5.74, 6) is -0.601. The highest BCUT2D eigenvalue weighted by atomic mass is 32.1. The van der Waals surface area contributed by atoms with Crippen LogP contribution in [0.2, 0.25) is 0 Å². The smallest absolute Gasteiger partial charge is 0.221 e. The van der Waals surface area contributed by atoms with Crippen LogP contribution in [0.4, 0.5) is 15.8 Å². The number of rotatable bonds is 4. The van der Waals surface area contributed by atoms with Crippen molar-refractivity contribution >= 4 is 28.6 Å². The average Bonchev–Trinajstić information content (AvgIpc) is 2.87. The second-order valence-corrected chi connectivity index (χ2v) is 5.28. The Morgan fingerprint density at radius 3 is 2.85 bits per heavy atom. The number of nitrogens with zero attached hydrogens (tertiary/aromatic N) is 1. The number of hydrogen-bond acceptors (Lipinski definition) is 4. The molecule has 2 aromatic rings. The number of halogens is 1. The zero-order chi connectivity index (χ0) is 14.5. The first-order valence-corrected chi connectivity index (χ1v) is 6.70. The molecule has 0 fully saturated rings. The summed E-state index contributed by atoms with van der Waals surface area (Å²) in [5, 5.41) is 14.3. The van der Waals surface area contributed by atoms with Crippen LogP contribution in [0.5, 0.6) is 0 Å². The van der Waals surface area contributed by atoms with E-state index in [-0.39, 0.29) is 5.91 Å². The third-order valence-electron chi connectivity index (χ3n) is 2.51. The van der Waals surface area contributed by atoms with E-state index < -0.39 is 5.82 Å². The van der Waals surface area contributed by atoms with Crippen molar-refractivity contribution in [3.8, 4) is 6.07 Å². The number of thiophene rings is 1. The topological polar surface area (TPSA) is 64.9 Å². The van der Waals surface area contributed by atoms with Gasteiger partial charge < -0.3 is 10.6 Å². The van der Waals surface area contributed by atoms with Gasteiger partial charge in [0, 0.05) is 24.0 Å². The third kappa shape index (κ3) is 3.56. The summed E-state index contributed by atoms with van der Waals surface area (Å²) in [6, 6.07) is 9.94. The number of nitriles is 1. The number of benzene rings is 1. The van der Waals surface area contributed by atoms with E-state index in [2.05, 4.69) is 16.7 Å². The van der Waals surface area contributed by atoms with E-state index >= 15 is 0 Å². The fourth-order valence-corrected chi connectivity index (χ4v) is 2.40. The van der Waals surface area contributed by atoms with Gasteiger partial charge in [0.2, 0.25) is 5.91 Å². The van der Waals surface area contributed by atoms with Crippen LogP contribution in [0.15, 0.2) is 30.3 Å². The second kappa shape index (κ2) is 6.17. The molecule has 2 rings (SSSR count). The summed E-state index contributed by atoms with van der Waals surface area (Å²) < 4.78 is 13.7. The fraction of sp³-hybridized carbons (Fsp3) is 0.143. The van der Waals surface area contributed by atoms with Crippen molar-refractivity contribution in [1.82, 2.24) is 0 Å². The Labute approximate surface area is 119 Å². The minimum Gasteiger partial charge on any atom is -0.378 e. The first-order chi connectivity index (χ1) is 9.58. The molecule has 0 atom stereocenters. The van der Waals surface area contributed by atoms with Crippen LogP contribution < -0.4 is 10.6 Å². The number of anilines is 2. The van der Waals surface area contributed by atoms with Gasteiger partial charge in [0.15, 0.2) is 0 Å². The van der Waals surface area contributed by atoms with Crippen LogP contribution >= 0.6 is 11.3 Å². The summed E-state index contributed by atoms with van der Waals surface area (Å²) in [6.45, 7) is 1.82. The zero-order valence-corrected chi connectivity index (χ0v) is 11.6. The predicted molar refractivity (Wildman–Crippen MR) is 77.1 cm³/mol. The van der Waals surface area contributed by atoms with Gasteiger partial charge in [-0.05, 0) is 30.3 Å². The lowest BCUT2D eigenvalue weighted by molar-refractivity contribution is -0.114. The average molecular weight is 289 g/mol. The highest BCUT2D eigenvalue weighted by molar-refractivity contribution is 7.12. The number of amides is 1. The van der Waals surface area contributed by atoms with Crippen LogP contribution in [0.3, 0.4) is 0 Å². The maximum Gasteiger partial charge on any atom is 0.221 e. The number of carbonyl (C=O) groups is 1. The molecule has 1 aromatic heterocycles. The summed E-state index contributed by atoms with van der Waals surface area (Å²) >= 11 is 1.36. The van der Waals surface area contributed by atoms with Crippen LogP contribution in [0, 0.1) is 17.1 Å². The van der Waals surface area contributed by atoms with Gasteiger partial charge in [-0.1, -0.05) is 0 Å². The lowest BCUT2D eigenvalue weighted by atomic mass is 10.2. The molecule has 0 spiro atoms. The Morgan fingerprint density at radius 2 is 2.20 bits per heavy atom. The van der Waals surface area contributed by atoms with Crippen molar-refractivity contribution in [3.05, 3.63) is 45.9 Å². The Hall–Kier alpha value is -2.39. The van der Waals surface area contributed by atoms with E-state index in [9.17, 15) is 9.18 Å². The van der Waals surface area contributed by atoms with E-state index in [0.717, 1.165) is 4.88 Å². The molecule has 2 N–H and O–H groups in total. The van der Waals surface area contributed by atoms with Crippen LogP contribution in [-0.2, 0) is 11.3 Å². The number of carbonyl (C=O) groups excluding carboxylic acids is 1. The van der Waals surface area contributed by atoms with Gasteiger partial charge in [0.05, 0.1) is 5.69 Å². The molecule has 0 aliphatic carbocycles. The molecule has 1 amide bonds. The lowest BCUT2D eigenvalue weighted by Crippen LogP contribution is -2.07. The summed E-state index contributed by atoms with van der Waals surface area (Å²) in [5.41, 5.74) is 0.841. The fourth-order valence-electron chi connectivity index (χ4n) is 1.66. The van der Waals surface area contributed by atoms with E-state index in [1.54, 1.807) is 6.07 Å². The normalized spacial score (nSPS) is 9.85. The molecule has 0 bridgehead atoms.